The molecule has 0 aromatic heterocycles. The molecule has 2 N–H and O–H groups in total. The molecule has 0 atom stereocenters. The Morgan fingerprint density at radius 2 is 1.60 bits per heavy atom. The van der Waals surface area contributed by atoms with Gasteiger partial charge in [-0.05, 0) is 33.6 Å². The Bertz CT molecular complexity index is 213. The minimum absolute atomic E-state index is 0.114. The van der Waals surface area contributed by atoms with E-state index in [0.29, 0.717) is 19.4 Å². The molecule has 2 nitrogen and oxygen atoms in total. The van der Waals surface area contributed by atoms with Crippen LogP contribution in [0.15, 0.2) is 0 Å². The molecule has 15 heavy (non-hydrogen) atoms. The highest BCUT2D eigenvalue weighted by Crippen LogP contribution is 2.37. The molecule has 0 unspecified atom stereocenters. The third kappa shape index (κ3) is 4.43. The fraction of sp³-hybridized carbons (Fsp3) is 1.00. The van der Waals surface area contributed by atoms with Gasteiger partial charge in [0.05, 0.1) is 12.2 Å². The van der Waals surface area contributed by atoms with E-state index in [-0.39, 0.29) is 18.4 Å². The topological polar surface area (TPSA) is 35.2 Å². The Labute approximate surface area is 90.2 Å². The summed E-state index contributed by atoms with van der Waals surface area (Å²) in [6.07, 6.45) is 0.458. The lowest BCUT2D eigenvalue weighted by Crippen LogP contribution is -2.50. The monoisotopic (exact) mass is 221 g/mol. The van der Waals surface area contributed by atoms with E-state index in [9.17, 15) is 8.78 Å². The largest absolute Gasteiger partial charge is 0.374 e. The summed E-state index contributed by atoms with van der Waals surface area (Å²) in [5.41, 5.74) is 5.21. The fourth-order valence-electron chi connectivity index (χ4n) is 1.62. The average Bonchev–Trinajstić information content (AvgIpc) is 2.07. The third-order valence-electron chi connectivity index (χ3n) is 2.77. The number of rotatable bonds is 2. The standard InChI is InChI=1S/C11H21F2NO/c1-9(2,3)15-8-10(14)4-6-11(12,13)7-5-10/h4-8,14H2,1-3H3. The molecule has 0 aliphatic heterocycles. The zero-order chi connectivity index (χ0) is 11.7. The average molecular weight is 221 g/mol. The predicted molar refractivity (Wildman–Crippen MR) is 56.0 cm³/mol. The first kappa shape index (κ1) is 12.8. The lowest BCUT2D eigenvalue weighted by atomic mass is 9.81. The van der Waals surface area contributed by atoms with Crippen LogP contribution in [0.25, 0.3) is 0 Å². The number of hydrogen-bond acceptors (Lipinski definition) is 2. The van der Waals surface area contributed by atoms with Crippen molar-refractivity contribution in [2.24, 2.45) is 5.73 Å². The molecule has 0 aromatic carbocycles. The molecule has 1 saturated carbocycles. The van der Waals surface area contributed by atoms with Crippen molar-refractivity contribution in [3.05, 3.63) is 0 Å². The summed E-state index contributed by atoms with van der Waals surface area (Å²) in [7, 11) is 0. The summed E-state index contributed by atoms with van der Waals surface area (Å²) in [6.45, 7) is 6.18. The van der Waals surface area contributed by atoms with E-state index < -0.39 is 11.5 Å². The number of nitrogens with two attached hydrogens (primary N) is 1. The van der Waals surface area contributed by atoms with E-state index in [1.165, 1.54) is 0 Å². The maximum absolute atomic E-state index is 12.9. The Morgan fingerprint density at radius 1 is 1.13 bits per heavy atom. The van der Waals surface area contributed by atoms with Gasteiger partial charge in [0.25, 0.3) is 0 Å². The van der Waals surface area contributed by atoms with Gasteiger partial charge in [-0.15, -0.1) is 0 Å². The van der Waals surface area contributed by atoms with Crippen LogP contribution >= 0.6 is 0 Å². The Kier molecular flexibility index (Phi) is 3.41. The first-order valence-corrected chi connectivity index (χ1v) is 5.43. The molecule has 1 rings (SSSR count). The third-order valence-corrected chi connectivity index (χ3v) is 2.77. The summed E-state index contributed by atoms with van der Waals surface area (Å²) in [5.74, 6) is -2.52. The first-order chi connectivity index (χ1) is 6.62. The van der Waals surface area contributed by atoms with Crippen molar-refractivity contribution in [2.45, 2.75) is 63.5 Å². The van der Waals surface area contributed by atoms with Crippen molar-refractivity contribution in [3.8, 4) is 0 Å². The Balaban J connectivity index is 2.42. The molecule has 4 heteroatoms. The summed E-state index contributed by atoms with van der Waals surface area (Å²) < 4.78 is 31.4. The second-order valence-electron chi connectivity index (χ2n) is 5.62. The quantitative estimate of drug-likeness (QED) is 0.778. The molecule has 1 aliphatic carbocycles. The highest BCUT2D eigenvalue weighted by molar-refractivity contribution is 4.93. The number of halogens is 2. The lowest BCUT2D eigenvalue weighted by Gasteiger charge is -2.38. The zero-order valence-electron chi connectivity index (χ0n) is 9.78. The van der Waals surface area contributed by atoms with Crippen LogP contribution in [0.2, 0.25) is 0 Å². The van der Waals surface area contributed by atoms with Gasteiger partial charge in [0.1, 0.15) is 0 Å². The molecule has 1 fully saturated rings. The van der Waals surface area contributed by atoms with Crippen LogP contribution in [-0.4, -0.2) is 23.7 Å². The van der Waals surface area contributed by atoms with Crippen LogP contribution in [0, 0.1) is 0 Å². The van der Waals surface area contributed by atoms with Gasteiger partial charge in [0.15, 0.2) is 0 Å². The van der Waals surface area contributed by atoms with Crippen LogP contribution in [0.5, 0.6) is 0 Å². The Hall–Kier alpha value is -0.220. The zero-order valence-corrected chi connectivity index (χ0v) is 9.78. The van der Waals surface area contributed by atoms with Crippen LogP contribution < -0.4 is 5.73 Å². The van der Waals surface area contributed by atoms with Crippen LogP contribution in [-0.2, 0) is 4.74 Å². The van der Waals surface area contributed by atoms with Gasteiger partial charge in [0, 0.05) is 18.4 Å². The molecule has 0 aromatic rings. The first-order valence-electron chi connectivity index (χ1n) is 5.43. The van der Waals surface area contributed by atoms with Crippen LogP contribution in [0.3, 0.4) is 0 Å². The minimum atomic E-state index is -2.52. The number of hydrogen-bond donors (Lipinski definition) is 1. The molecule has 0 saturated heterocycles. The second-order valence-corrected chi connectivity index (χ2v) is 5.62. The normalized spacial score (nSPS) is 25.2. The number of alkyl halides is 2. The van der Waals surface area contributed by atoms with Gasteiger partial charge in [-0.1, -0.05) is 0 Å². The van der Waals surface area contributed by atoms with Crippen molar-refractivity contribution >= 4 is 0 Å². The molecule has 1 aliphatic rings. The predicted octanol–water partition coefficient (Wildman–Crippen LogP) is 2.71. The van der Waals surface area contributed by atoms with Crippen molar-refractivity contribution in [1.82, 2.24) is 0 Å². The molecule has 90 valence electrons. The van der Waals surface area contributed by atoms with Gasteiger partial charge in [0.2, 0.25) is 5.92 Å². The van der Waals surface area contributed by atoms with Crippen LogP contribution in [0.1, 0.15) is 46.5 Å². The molecule has 0 spiro atoms. The Morgan fingerprint density at radius 3 is 2.00 bits per heavy atom. The van der Waals surface area contributed by atoms with Gasteiger partial charge >= 0.3 is 0 Å². The van der Waals surface area contributed by atoms with E-state index in [2.05, 4.69) is 0 Å². The highest BCUT2D eigenvalue weighted by atomic mass is 19.3. The van der Waals surface area contributed by atoms with Gasteiger partial charge in [-0.2, -0.15) is 0 Å². The van der Waals surface area contributed by atoms with E-state index in [4.69, 9.17) is 10.5 Å². The number of ether oxygens (including phenoxy) is 1. The van der Waals surface area contributed by atoms with Crippen molar-refractivity contribution in [2.75, 3.05) is 6.61 Å². The summed E-state index contributed by atoms with van der Waals surface area (Å²) in [4.78, 5) is 0. The van der Waals surface area contributed by atoms with E-state index in [0.717, 1.165) is 0 Å². The minimum Gasteiger partial charge on any atom is -0.374 e. The smallest absolute Gasteiger partial charge is 0.248 e. The SMILES string of the molecule is CC(C)(C)OCC1(N)CCC(F)(F)CC1. The van der Waals surface area contributed by atoms with Crippen molar-refractivity contribution in [1.29, 1.82) is 0 Å². The highest BCUT2D eigenvalue weighted by Gasteiger charge is 2.41. The maximum Gasteiger partial charge on any atom is 0.248 e. The van der Waals surface area contributed by atoms with Gasteiger partial charge in [-0.3, -0.25) is 0 Å². The van der Waals surface area contributed by atoms with Crippen LogP contribution in [0.4, 0.5) is 8.78 Å². The maximum atomic E-state index is 12.9. The molecule has 0 bridgehead atoms. The summed E-state index contributed by atoms with van der Waals surface area (Å²) in [6, 6.07) is 0. The lowest BCUT2D eigenvalue weighted by molar-refractivity contribution is -0.0823. The fourth-order valence-corrected chi connectivity index (χ4v) is 1.62. The molecular formula is C11H21F2NO. The van der Waals surface area contributed by atoms with Crippen molar-refractivity contribution in [3.63, 3.8) is 0 Å². The van der Waals surface area contributed by atoms with Gasteiger partial charge < -0.3 is 10.5 Å². The van der Waals surface area contributed by atoms with E-state index in [1.54, 1.807) is 0 Å². The molecule has 0 amide bonds. The summed E-state index contributed by atoms with van der Waals surface area (Å²) >= 11 is 0. The van der Waals surface area contributed by atoms with E-state index >= 15 is 0 Å². The summed E-state index contributed by atoms with van der Waals surface area (Å²) in [5, 5.41) is 0. The molecule has 0 radical (unpaired) electrons. The van der Waals surface area contributed by atoms with Gasteiger partial charge in [-0.25, -0.2) is 8.78 Å². The molecule has 0 heterocycles. The van der Waals surface area contributed by atoms with E-state index in [1.807, 2.05) is 20.8 Å². The molecular weight excluding hydrogens is 200 g/mol. The van der Waals surface area contributed by atoms with Crippen molar-refractivity contribution < 1.29 is 13.5 Å². The second kappa shape index (κ2) is 3.98.